The molecule has 7 heavy (non-hydrogen) atoms. The van der Waals surface area contributed by atoms with Crippen molar-refractivity contribution >= 4 is 24.4 Å². The van der Waals surface area contributed by atoms with Crippen LogP contribution in [-0.4, -0.2) is 17.5 Å². The minimum atomic E-state index is 0.630. The van der Waals surface area contributed by atoms with Crippen LogP contribution in [0.25, 0.3) is 0 Å². The molecule has 0 bridgehead atoms. The van der Waals surface area contributed by atoms with Gasteiger partial charge >= 0.3 is 7.48 Å². The highest BCUT2D eigenvalue weighted by Crippen LogP contribution is 1.84. The van der Waals surface area contributed by atoms with Gasteiger partial charge in [-0.1, -0.05) is 0 Å². The zero-order valence-corrected chi connectivity index (χ0v) is 4.35. The molecule has 1 radical (unpaired) electrons. The van der Waals surface area contributed by atoms with E-state index in [-0.39, 0.29) is 0 Å². The van der Waals surface area contributed by atoms with Gasteiger partial charge in [-0.3, -0.25) is 4.98 Å². The Hall–Kier alpha value is -0.345. The van der Waals surface area contributed by atoms with Gasteiger partial charge in [0.2, 0.25) is 0 Å². The van der Waals surface area contributed by atoms with Crippen molar-refractivity contribution in [3.63, 3.8) is 0 Å². The number of rotatable bonds is 1. The number of aromatic nitrogens is 1. The van der Waals surface area contributed by atoms with Crippen molar-refractivity contribution in [1.29, 1.82) is 0 Å². The molecule has 0 amide bonds. The van der Waals surface area contributed by atoms with Gasteiger partial charge in [0.05, 0.1) is 5.51 Å². The highest BCUT2D eigenvalue weighted by atomic mass is 32.1. The summed E-state index contributed by atoms with van der Waals surface area (Å²) in [7, 11) is 0.983. The first-order valence-electron chi connectivity index (χ1n) is 1.79. The average Bonchev–Trinajstić information content (AvgIpc) is 2.14. The summed E-state index contributed by atoms with van der Waals surface area (Å²) in [5.41, 5.74) is 2.30. The third kappa shape index (κ3) is 1.01. The monoisotopic (exact) mass is 112 g/mol. The van der Waals surface area contributed by atoms with Crippen LogP contribution < -0.4 is 5.59 Å². The minimum Gasteiger partial charge on any atom is -0.449 e. The molecule has 0 atom stereocenters. The molecule has 0 spiro atoms. The van der Waals surface area contributed by atoms with E-state index in [1.54, 1.807) is 10.9 Å². The lowest BCUT2D eigenvalue weighted by Gasteiger charge is -1.73. The van der Waals surface area contributed by atoms with Gasteiger partial charge in [-0.25, -0.2) is 0 Å². The highest BCUT2D eigenvalue weighted by Gasteiger charge is 1.90. The molecule has 0 saturated carbocycles. The molecule has 0 aliphatic rings. The van der Waals surface area contributed by atoms with Crippen molar-refractivity contribution in [2.24, 2.45) is 0 Å². The second kappa shape index (κ2) is 2.09. The van der Waals surface area contributed by atoms with E-state index in [0.717, 1.165) is 7.48 Å². The van der Waals surface area contributed by atoms with Crippen molar-refractivity contribution < 1.29 is 5.02 Å². The van der Waals surface area contributed by atoms with E-state index in [1.165, 1.54) is 11.3 Å². The first-order chi connectivity index (χ1) is 3.43. The fourth-order valence-electron chi connectivity index (χ4n) is 0.286. The second-order valence-electron chi connectivity index (χ2n) is 1.04. The molecule has 4 heteroatoms. The van der Waals surface area contributed by atoms with Crippen LogP contribution in [0.15, 0.2) is 10.9 Å². The average molecular weight is 112 g/mol. The molecule has 0 fully saturated rings. The molecule has 0 saturated heterocycles. The first-order valence-corrected chi connectivity index (χ1v) is 2.73. The van der Waals surface area contributed by atoms with Gasteiger partial charge in [0.1, 0.15) is 0 Å². The summed E-state index contributed by atoms with van der Waals surface area (Å²) in [6, 6.07) is 0. The molecule has 1 N–H and O–H groups in total. The van der Waals surface area contributed by atoms with Gasteiger partial charge in [-0.2, -0.15) is 0 Å². The lowest BCUT2D eigenvalue weighted by atomic mass is 9.99. The van der Waals surface area contributed by atoms with Gasteiger partial charge < -0.3 is 5.02 Å². The van der Waals surface area contributed by atoms with Gasteiger partial charge in [0.15, 0.2) is 0 Å². The summed E-state index contributed by atoms with van der Waals surface area (Å²) in [5, 5.41) is 10.0. The summed E-state index contributed by atoms with van der Waals surface area (Å²) in [4.78, 5) is 3.75. The Morgan fingerprint density at radius 2 is 2.71 bits per heavy atom. The maximum Gasteiger partial charge on any atom is 0.349 e. The Labute approximate surface area is 46.1 Å². The van der Waals surface area contributed by atoms with Crippen LogP contribution in [0.1, 0.15) is 0 Å². The van der Waals surface area contributed by atoms with Crippen LogP contribution in [0.4, 0.5) is 0 Å². The van der Waals surface area contributed by atoms with Crippen LogP contribution in [0.5, 0.6) is 0 Å². The molecule has 1 rings (SSSR count). The smallest absolute Gasteiger partial charge is 0.349 e. The van der Waals surface area contributed by atoms with E-state index in [4.69, 9.17) is 5.02 Å². The molecule has 35 valence electrons. The summed E-state index contributed by atoms with van der Waals surface area (Å²) in [6.45, 7) is 0. The molecule has 1 heterocycles. The van der Waals surface area contributed by atoms with Gasteiger partial charge in [-0.15, -0.1) is 11.3 Å². The molecule has 0 unspecified atom stereocenters. The molecule has 2 nitrogen and oxygen atoms in total. The Morgan fingerprint density at radius 3 is 3.00 bits per heavy atom. The van der Waals surface area contributed by atoms with E-state index >= 15 is 0 Å². The summed E-state index contributed by atoms with van der Waals surface area (Å²) >= 11 is 1.46. The maximum atomic E-state index is 8.25. The minimum absolute atomic E-state index is 0.630. The van der Waals surface area contributed by atoms with Crippen LogP contribution >= 0.6 is 11.3 Å². The van der Waals surface area contributed by atoms with Crippen molar-refractivity contribution in [2.45, 2.75) is 0 Å². The topological polar surface area (TPSA) is 33.1 Å². The Kier molecular flexibility index (Phi) is 1.44. The summed E-state index contributed by atoms with van der Waals surface area (Å²) in [6.07, 6.45) is 0. The number of nitrogens with zero attached hydrogens (tertiary/aromatic N) is 1. The molecule has 0 aliphatic heterocycles. The normalized spacial score (nSPS) is 8.71. The molecule has 0 aliphatic carbocycles. The Morgan fingerprint density at radius 1 is 1.86 bits per heavy atom. The van der Waals surface area contributed by atoms with E-state index in [1.807, 2.05) is 0 Å². The zero-order valence-electron chi connectivity index (χ0n) is 3.53. The van der Waals surface area contributed by atoms with Crippen LogP contribution in [0.3, 0.4) is 0 Å². The Bertz CT molecular complexity index is 129. The summed E-state index contributed by atoms with van der Waals surface area (Å²) in [5.74, 6) is 0. The van der Waals surface area contributed by atoms with Crippen molar-refractivity contribution in [2.75, 3.05) is 0 Å². The van der Waals surface area contributed by atoms with Crippen LogP contribution in [0.2, 0.25) is 0 Å². The van der Waals surface area contributed by atoms with Gasteiger partial charge in [0, 0.05) is 11.0 Å². The van der Waals surface area contributed by atoms with Crippen molar-refractivity contribution in [3.8, 4) is 0 Å². The fourth-order valence-corrected chi connectivity index (χ4v) is 0.790. The Balaban J connectivity index is 2.76. The van der Waals surface area contributed by atoms with E-state index in [2.05, 4.69) is 4.98 Å². The third-order valence-corrected chi connectivity index (χ3v) is 1.19. The fraction of sp³-hybridized carbons (Fsp3) is 0. The lowest BCUT2D eigenvalue weighted by Crippen LogP contribution is -2.12. The maximum absolute atomic E-state index is 8.25. The van der Waals surface area contributed by atoms with Crippen molar-refractivity contribution in [1.82, 2.24) is 4.98 Å². The SMILES string of the molecule is O[B]c1cscn1. The zero-order chi connectivity index (χ0) is 5.11. The lowest BCUT2D eigenvalue weighted by molar-refractivity contribution is 0.614. The van der Waals surface area contributed by atoms with E-state index in [9.17, 15) is 0 Å². The molecular weight excluding hydrogens is 109 g/mol. The molecular formula is C3H3BNOS. The quantitative estimate of drug-likeness (QED) is 0.491. The van der Waals surface area contributed by atoms with E-state index in [0.29, 0.717) is 5.59 Å². The van der Waals surface area contributed by atoms with Gasteiger partial charge in [-0.05, 0) is 0 Å². The molecule has 1 aromatic heterocycles. The summed E-state index contributed by atoms with van der Waals surface area (Å²) < 4.78 is 0. The standard InChI is InChI=1S/C3H3BNOS/c6-4-3-1-7-2-5-3/h1-2,6H. The third-order valence-electron chi connectivity index (χ3n) is 0.584. The number of hydrogen-bond donors (Lipinski definition) is 1. The highest BCUT2D eigenvalue weighted by molar-refractivity contribution is 7.08. The van der Waals surface area contributed by atoms with Crippen molar-refractivity contribution in [3.05, 3.63) is 10.9 Å². The second-order valence-corrected chi connectivity index (χ2v) is 1.76. The largest absolute Gasteiger partial charge is 0.449 e. The van der Waals surface area contributed by atoms with Crippen LogP contribution in [-0.2, 0) is 0 Å². The number of hydrogen-bond acceptors (Lipinski definition) is 3. The molecule has 0 aromatic carbocycles. The predicted octanol–water partition coefficient (Wildman–Crippen LogP) is -0.620. The van der Waals surface area contributed by atoms with Crippen LogP contribution in [0, 0.1) is 0 Å². The predicted molar refractivity (Wildman–Crippen MR) is 29.7 cm³/mol. The molecule has 1 aromatic rings. The number of thiazole rings is 1. The van der Waals surface area contributed by atoms with Gasteiger partial charge in [0.25, 0.3) is 0 Å². The first kappa shape index (κ1) is 4.81. The van der Waals surface area contributed by atoms with E-state index < -0.39 is 0 Å².